The molecule has 23 heavy (non-hydrogen) atoms. The molecule has 0 bridgehead atoms. The van der Waals surface area contributed by atoms with Gasteiger partial charge in [0.25, 0.3) is 5.91 Å². The molecule has 1 N–H and O–H groups in total. The molecule has 126 valence electrons. The van der Waals surface area contributed by atoms with Crippen molar-refractivity contribution in [2.75, 3.05) is 27.4 Å². The minimum atomic E-state index is -0.602. The summed E-state index contributed by atoms with van der Waals surface area (Å²) in [6.07, 6.45) is 2.79. The molecule has 6 nitrogen and oxygen atoms in total. The Balaban J connectivity index is 2.57. The van der Waals surface area contributed by atoms with Crippen molar-refractivity contribution in [3.8, 4) is 11.5 Å². The highest BCUT2D eigenvalue weighted by Gasteiger charge is 2.08. The Morgan fingerprint density at radius 2 is 1.96 bits per heavy atom. The molecule has 0 fully saturated rings. The van der Waals surface area contributed by atoms with Crippen molar-refractivity contribution in [2.45, 2.75) is 13.8 Å². The maximum atomic E-state index is 11.7. The molecule has 1 rings (SSSR count). The monoisotopic (exact) mass is 321 g/mol. The van der Waals surface area contributed by atoms with Crippen molar-refractivity contribution >= 4 is 18.0 Å². The standard InChI is InChI=1S/C17H23NO5/c1-12(2)10-18-15(19)11-23-16(20)9-8-13-6-5-7-14(21-3)17(13)22-4/h5-9,12H,10-11H2,1-4H3,(H,18,19)/b9-8+. The van der Waals surface area contributed by atoms with Crippen LogP contribution in [-0.2, 0) is 14.3 Å². The first kappa shape index (κ1) is 18.5. The number of carbonyl (C=O) groups is 2. The van der Waals surface area contributed by atoms with Crippen molar-refractivity contribution in [3.63, 3.8) is 0 Å². The van der Waals surface area contributed by atoms with E-state index in [2.05, 4.69) is 5.32 Å². The zero-order chi connectivity index (χ0) is 17.2. The lowest BCUT2D eigenvalue weighted by molar-refractivity contribution is -0.143. The lowest BCUT2D eigenvalue weighted by Gasteiger charge is -2.09. The summed E-state index contributed by atoms with van der Waals surface area (Å²) in [6, 6.07) is 5.32. The van der Waals surface area contributed by atoms with Gasteiger partial charge >= 0.3 is 5.97 Å². The number of rotatable bonds is 8. The lowest BCUT2D eigenvalue weighted by atomic mass is 10.1. The zero-order valence-electron chi connectivity index (χ0n) is 13.9. The maximum Gasteiger partial charge on any atom is 0.331 e. The third kappa shape index (κ3) is 6.42. The summed E-state index contributed by atoms with van der Waals surface area (Å²) >= 11 is 0. The second kappa shape index (κ2) is 9.50. The van der Waals surface area contributed by atoms with Gasteiger partial charge in [-0.25, -0.2) is 4.79 Å². The van der Waals surface area contributed by atoms with Crippen LogP contribution in [0.3, 0.4) is 0 Å². The quantitative estimate of drug-likeness (QED) is 0.586. The highest BCUT2D eigenvalue weighted by atomic mass is 16.5. The maximum absolute atomic E-state index is 11.7. The van der Waals surface area contributed by atoms with Crippen LogP contribution < -0.4 is 14.8 Å². The van der Waals surface area contributed by atoms with Crippen LogP contribution in [-0.4, -0.2) is 39.2 Å². The molecule has 1 amide bonds. The minimum absolute atomic E-state index is 0.300. The summed E-state index contributed by atoms with van der Waals surface area (Å²) in [4.78, 5) is 23.1. The van der Waals surface area contributed by atoms with Gasteiger partial charge in [0.05, 0.1) is 14.2 Å². The van der Waals surface area contributed by atoms with Crippen LogP contribution in [0.5, 0.6) is 11.5 Å². The van der Waals surface area contributed by atoms with E-state index >= 15 is 0 Å². The van der Waals surface area contributed by atoms with E-state index in [4.69, 9.17) is 14.2 Å². The van der Waals surface area contributed by atoms with Crippen molar-refractivity contribution in [2.24, 2.45) is 5.92 Å². The van der Waals surface area contributed by atoms with Crippen molar-refractivity contribution in [1.82, 2.24) is 5.32 Å². The Morgan fingerprint density at radius 1 is 1.22 bits per heavy atom. The fourth-order valence-corrected chi connectivity index (χ4v) is 1.75. The topological polar surface area (TPSA) is 73.9 Å². The number of amides is 1. The summed E-state index contributed by atoms with van der Waals surface area (Å²) in [5, 5.41) is 2.67. The normalized spacial score (nSPS) is 10.7. The number of esters is 1. The largest absolute Gasteiger partial charge is 0.493 e. The molecular weight excluding hydrogens is 298 g/mol. The van der Waals surface area contributed by atoms with Crippen LogP contribution in [0.15, 0.2) is 24.3 Å². The molecule has 0 radical (unpaired) electrons. The number of hydrogen-bond acceptors (Lipinski definition) is 5. The van der Waals surface area contributed by atoms with Gasteiger partial charge < -0.3 is 19.5 Å². The van der Waals surface area contributed by atoms with Gasteiger partial charge in [-0.1, -0.05) is 26.0 Å². The SMILES string of the molecule is COc1cccc(/C=C/C(=O)OCC(=O)NCC(C)C)c1OC. The minimum Gasteiger partial charge on any atom is -0.493 e. The first-order chi connectivity index (χ1) is 11.0. The van der Waals surface area contributed by atoms with Gasteiger partial charge in [0, 0.05) is 18.2 Å². The molecule has 0 aliphatic carbocycles. The van der Waals surface area contributed by atoms with E-state index in [9.17, 15) is 9.59 Å². The Hall–Kier alpha value is -2.50. The van der Waals surface area contributed by atoms with E-state index in [1.165, 1.54) is 20.3 Å². The van der Waals surface area contributed by atoms with Crippen LogP contribution in [0.1, 0.15) is 19.4 Å². The molecule has 0 atom stereocenters. The molecule has 0 saturated carbocycles. The van der Waals surface area contributed by atoms with E-state index < -0.39 is 5.97 Å². The van der Waals surface area contributed by atoms with Gasteiger partial charge in [-0.15, -0.1) is 0 Å². The lowest BCUT2D eigenvalue weighted by Crippen LogP contribution is -2.31. The molecule has 0 aliphatic rings. The van der Waals surface area contributed by atoms with Gasteiger partial charge in [-0.2, -0.15) is 0 Å². The van der Waals surface area contributed by atoms with Crippen molar-refractivity contribution in [3.05, 3.63) is 29.8 Å². The number of ether oxygens (including phenoxy) is 3. The Bertz CT molecular complexity index is 566. The summed E-state index contributed by atoms with van der Waals surface area (Å²) in [5.41, 5.74) is 0.674. The molecular formula is C17H23NO5. The second-order valence-corrected chi connectivity index (χ2v) is 5.22. The Morgan fingerprint density at radius 3 is 2.57 bits per heavy atom. The van der Waals surface area contributed by atoms with E-state index in [-0.39, 0.29) is 12.5 Å². The molecule has 1 aromatic carbocycles. The number of carbonyl (C=O) groups excluding carboxylic acids is 2. The van der Waals surface area contributed by atoms with Crippen LogP contribution in [0, 0.1) is 5.92 Å². The van der Waals surface area contributed by atoms with E-state index in [0.717, 1.165) is 0 Å². The smallest absolute Gasteiger partial charge is 0.331 e. The molecule has 0 unspecified atom stereocenters. The Labute approximate surface area is 136 Å². The van der Waals surface area contributed by atoms with E-state index in [1.54, 1.807) is 24.3 Å². The third-order valence-corrected chi connectivity index (χ3v) is 2.89. The predicted molar refractivity (Wildman–Crippen MR) is 87.4 cm³/mol. The summed E-state index contributed by atoms with van der Waals surface area (Å²) in [5.74, 6) is 0.508. The fraction of sp³-hybridized carbons (Fsp3) is 0.412. The van der Waals surface area contributed by atoms with Crippen LogP contribution in [0.25, 0.3) is 6.08 Å². The highest BCUT2D eigenvalue weighted by Crippen LogP contribution is 2.31. The first-order valence-corrected chi connectivity index (χ1v) is 7.30. The van der Waals surface area contributed by atoms with Crippen molar-refractivity contribution in [1.29, 1.82) is 0 Å². The van der Waals surface area contributed by atoms with E-state index in [1.807, 2.05) is 13.8 Å². The number of benzene rings is 1. The molecule has 0 spiro atoms. The number of nitrogens with one attached hydrogen (secondary N) is 1. The Kier molecular flexibility index (Phi) is 7.66. The van der Waals surface area contributed by atoms with E-state index in [0.29, 0.717) is 29.5 Å². The van der Waals surface area contributed by atoms with Gasteiger partial charge in [0.15, 0.2) is 18.1 Å². The summed E-state index contributed by atoms with van der Waals surface area (Å²) < 4.78 is 15.3. The molecule has 0 saturated heterocycles. The predicted octanol–water partition coefficient (Wildman–Crippen LogP) is 2.03. The first-order valence-electron chi connectivity index (χ1n) is 7.30. The average Bonchev–Trinajstić information content (AvgIpc) is 2.55. The van der Waals surface area contributed by atoms with Gasteiger partial charge in [0.2, 0.25) is 0 Å². The van der Waals surface area contributed by atoms with Crippen LogP contribution in [0.4, 0.5) is 0 Å². The molecule has 0 aliphatic heterocycles. The van der Waals surface area contributed by atoms with Crippen molar-refractivity contribution < 1.29 is 23.8 Å². The molecule has 0 aromatic heterocycles. The molecule has 6 heteroatoms. The van der Waals surface area contributed by atoms with Gasteiger partial charge in [-0.3, -0.25) is 4.79 Å². The van der Waals surface area contributed by atoms with Crippen LogP contribution >= 0.6 is 0 Å². The summed E-state index contributed by atoms with van der Waals surface area (Å²) in [6.45, 7) is 4.21. The average molecular weight is 321 g/mol. The fourth-order valence-electron chi connectivity index (χ4n) is 1.75. The second-order valence-electron chi connectivity index (χ2n) is 5.22. The third-order valence-electron chi connectivity index (χ3n) is 2.89. The number of para-hydroxylation sites is 1. The highest BCUT2D eigenvalue weighted by molar-refractivity contribution is 5.89. The summed E-state index contributed by atoms with van der Waals surface area (Å²) in [7, 11) is 3.06. The van der Waals surface area contributed by atoms with Gasteiger partial charge in [0.1, 0.15) is 0 Å². The molecule has 1 aromatic rings. The number of hydrogen-bond donors (Lipinski definition) is 1. The van der Waals surface area contributed by atoms with Gasteiger partial charge in [-0.05, 0) is 18.1 Å². The molecule has 0 heterocycles. The zero-order valence-corrected chi connectivity index (χ0v) is 13.9. The van der Waals surface area contributed by atoms with Crippen LogP contribution in [0.2, 0.25) is 0 Å². The number of methoxy groups -OCH3 is 2.